The van der Waals surface area contributed by atoms with E-state index in [0.29, 0.717) is 63.7 Å². The molecule has 0 amide bonds. The lowest BCUT2D eigenvalue weighted by atomic mass is 10.2. The first kappa shape index (κ1) is 62.0. The van der Waals surface area contributed by atoms with Crippen molar-refractivity contribution in [3.05, 3.63) is 146 Å². The molecule has 4 aromatic carbocycles. The predicted octanol–water partition coefficient (Wildman–Crippen LogP) is 13.5. The van der Waals surface area contributed by atoms with E-state index in [1.54, 1.807) is 72.8 Å². The summed E-state index contributed by atoms with van der Waals surface area (Å²) in [4.78, 5) is 45.5. The molecule has 0 radical (unpaired) electrons. The first-order valence-corrected chi connectivity index (χ1v) is 29.5. The molecule has 4 unspecified atom stereocenters. The van der Waals surface area contributed by atoms with Crippen molar-refractivity contribution in [2.24, 2.45) is 11.8 Å². The maximum atomic E-state index is 11.6. The average Bonchev–Trinajstić information content (AvgIpc) is 4.05. The number of hydrogen-bond donors (Lipinski definition) is 0. The fourth-order valence-electron chi connectivity index (χ4n) is 5.23. The normalized spacial score (nSPS) is 15.1. The molecular formula is C52H60O12S8. The number of carbonyl (C=O) groups is 4. The van der Waals surface area contributed by atoms with Crippen molar-refractivity contribution < 1.29 is 57.1 Å². The Kier molecular flexibility index (Phi) is 32.3. The number of benzene rings is 4. The van der Waals surface area contributed by atoms with Gasteiger partial charge in [-0.25, -0.2) is 9.59 Å². The van der Waals surface area contributed by atoms with E-state index in [0.717, 1.165) is 34.5 Å². The van der Waals surface area contributed by atoms with Crippen LogP contribution in [0, 0.1) is 11.8 Å². The van der Waals surface area contributed by atoms with Crippen molar-refractivity contribution in [2.45, 2.75) is 26.1 Å². The van der Waals surface area contributed by atoms with E-state index in [2.05, 4.69) is 20.1 Å². The zero-order valence-electron chi connectivity index (χ0n) is 40.5. The van der Waals surface area contributed by atoms with Crippen LogP contribution in [0.4, 0.5) is 9.59 Å². The number of ether oxygens (including phenoxy) is 8. The molecule has 0 aliphatic carbocycles. The average molecular weight is 1130 g/mol. The Balaban J connectivity index is 0.000000257. The highest BCUT2D eigenvalue weighted by Crippen LogP contribution is 2.24. The Morgan fingerprint density at radius 2 is 0.931 bits per heavy atom. The lowest BCUT2D eigenvalue weighted by Crippen LogP contribution is -2.19. The van der Waals surface area contributed by atoms with Crippen LogP contribution in [-0.4, -0.2) is 117 Å². The van der Waals surface area contributed by atoms with Gasteiger partial charge in [0.25, 0.3) is 0 Å². The molecule has 20 heteroatoms. The van der Waals surface area contributed by atoms with Crippen LogP contribution in [0.5, 0.6) is 23.0 Å². The van der Waals surface area contributed by atoms with E-state index in [9.17, 15) is 19.2 Å². The van der Waals surface area contributed by atoms with Crippen LogP contribution in [-0.2, 0) is 18.9 Å². The summed E-state index contributed by atoms with van der Waals surface area (Å²) in [7, 11) is 0. The smallest absolute Gasteiger partial charge is 0.338 e. The summed E-state index contributed by atoms with van der Waals surface area (Å²) in [6, 6.07) is 33.0. The fraction of sp³-hybridized carbons (Fsp3) is 0.346. The number of hydrogen-bond acceptors (Lipinski definition) is 20. The molecule has 388 valence electrons. The van der Waals surface area contributed by atoms with E-state index in [-0.39, 0.29) is 52.2 Å². The molecule has 2 aliphatic heterocycles. The second-order valence-electron chi connectivity index (χ2n) is 15.0. The van der Waals surface area contributed by atoms with E-state index < -0.39 is 0 Å². The van der Waals surface area contributed by atoms with Crippen molar-refractivity contribution in [3.63, 3.8) is 0 Å². The van der Waals surface area contributed by atoms with Gasteiger partial charge in [0.15, 0.2) is 0 Å². The van der Waals surface area contributed by atoms with Crippen LogP contribution in [0.15, 0.2) is 135 Å². The van der Waals surface area contributed by atoms with Gasteiger partial charge in [-0.15, -0.1) is 0 Å². The van der Waals surface area contributed by atoms with Crippen molar-refractivity contribution in [1.29, 1.82) is 0 Å². The highest BCUT2D eigenvalue weighted by atomic mass is 32.2. The van der Waals surface area contributed by atoms with Crippen molar-refractivity contribution in [1.82, 2.24) is 0 Å². The summed E-state index contributed by atoms with van der Waals surface area (Å²) >= 11 is 18.1. The molecule has 6 rings (SSSR count). The fourth-order valence-corrected chi connectivity index (χ4v) is 9.67. The van der Waals surface area contributed by atoms with Gasteiger partial charge in [-0.05, 0) is 122 Å². The standard InChI is InChI=1S/C16H20O4S2.C14H14O4S2.C12H16O2S2.C10H10O2S2/c1-4-9-19-15(17)13-5-7-14(8-6-13)20-10-12(2)11-22-16(18)21-3;1-2-7-16-13(15)10-3-5-11(6-4-10)17-8-12-9-20-14(19)18-12;1-10(9-16-12(13)15-2)8-14-11-6-4-3-5-7-11;13-10-12-9(7-14-10)6-11-8-4-2-1-3-5-8/h4-8,12H,1,9-11H2,2-3H3;2-6,12H,1,7-9H2;3-7,10H,8-9H2,1-2H3;1-5,9H,6-7H2. The van der Waals surface area contributed by atoms with Crippen LogP contribution in [0.3, 0.4) is 0 Å². The molecule has 72 heavy (non-hydrogen) atoms. The van der Waals surface area contributed by atoms with E-state index >= 15 is 0 Å². The van der Waals surface area contributed by atoms with Crippen LogP contribution in [0.25, 0.3) is 0 Å². The Morgan fingerprint density at radius 1 is 0.583 bits per heavy atom. The Hall–Kier alpha value is -4.28. The van der Waals surface area contributed by atoms with E-state index in [1.165, 1.54) is 71.0 Å². The summed E-state index contributed by atoms with van der Waals surface area (Å²) in [5.41, 5.74) is 0.955. The number of thiocarbonyl (C=S) groups is 2. The number of esters is 2. The van der Waals surface area contributed by atoms with Crippen LogP contribution in [0.2, 0.25) is 0 Å². The van der Waals surface area contributed by atoms with Gasteiger partial charge in [0.05, 0.1) is 24.3 Å². The van der Waals surface area contributed by atoms with Crippen LogP contribution >= 0.6 is 95.0 Å². The van der Waals surface area contributed by atoms with Gasteiger partial charge in [0, 0.05) is 23.0 Å². The SMILES string of the molecule is C=CCOC(=O)c1ccc(OCC(C)CSC(=O)SC)cc1.C=CCOC(=O)c1ccc(OCC2CSC(=S)O2)cc1.CSC(=O)SCC(C)COc1ccccc1.S=C1OC(COc2ccccc2)CS1. The lowest BCUT2D eigenvalue weighted by molar-refractivity contribution is 0.0540. The molecular weight excluding hydrogens is 1070 g/mol. The van der Waals surface area contributed by atoms with Gasteiger partial charge < -0.3 is 37.9 Å². The molecule has 0 aromatic heterocycles. The maximum Gasteiger partial charge on any atom is 0.338 e. The summed E-state index contributed by atoms with van der Waals surface area (Å²) in [5.74, 6) is 6.25. The summed E-state index contributed by atoms with van der Waals surface area (Å²) < 4.78 is 44.5. The molecule has 2 aliphatic rings. The maximum absolute atomic E-state index is 11.6. The zero-order valence-corrected chi connectivity index (χ0v) is 47.0. The van der Waals surface area contributed by atoms with E-state index in [4.69, 9.17) is 62.3 Å². The molecule has 0 N–H and O–H groups in total. The predicted molar refractivity (Wildman–Crippen MR) is 310 cm³/mol. The Bertz CT molecular complexity index is 2250. The zero-order chi connectivity index (χ0) is 52.4. The molecule has 12 nitrogen and oxygen atoms in total. The summed E-state index contributed by atoms with van der Waals surface area (Å²) in [6.45, 7) is 13.7. The number of carbonyl (C=O) groups excluding carboxylic acids is 4. The van der Waals surface area contributed by atoms with Gasteiger partial charge in [-0.3, -0.25) is 9.59 Å². The molecule has 2 heterocycles. The van der Waals surface area contributed by atoms with Gasteiger partial charge in [0.1, 0.15) is 61.6 Å². The monoisotopic (exact) mass is 1130 g/mol. The third-order valence-corrected chi connectivity index (χ3v) is 15.8. The second-order valence-corrected chi connectivity index (χ2v) is 22.3. The number of thioether (sulfide) groups is 6. The molecule has 4 aromatic rings. The highest BCUT2D eigenvalue weighted by Gasteiger charge is 2.23. The third kappa shape index (κ3) is 27.7. The van der Waals surface area contributed by atoms with Crippen molar-refractivity contribution in [3.8, 4) is 23.0 Å². The Labute approximate surface area is 459 Å². The van der Waals surface area contributed by atoms with E-state index in [1.807, 2.05) is 67.6 Å². The topological polar surface area (TPSA) is 142 Å². The lowest BCUT2D eigenvalue weighted by Gasteiger charge is -2.12. The van der Waals surface area contributed by atoms with Crippen LogP contribution < -0.4 is 18.9 Å². The summed E-state index contributed by atoms with van der Waals surface area (Å²) in [5, 5.41) is 0. The van der Waals surface area contributed by atoms with Gasteiger partial charge in [-0.2, -0.15) is 0 Å². The largest absolute Gasteiger partial charge is 0.493 e. The molecule has 0 saturated carbocycles. The molecule has 2 fully saturated rings. The Morgan fingerprint density at radius 3 is 1.26 bits per heavy atom. The second kappa shape index (κ2) is 37.5. The minimum atomic E-state index is -0.383. The molecule has 0 spiro atoms. The number of para-hydroxylation sites is 2. The summed E-state index contributed by atoms with van der Waals surface area (Å²) in [6.07, 6.45) is 6.73. The highest BCUT2D eigenvalue weighted by molar-refractivity contribution is 8.38. The first-order valence-electron chi connectivity index (χ1n) is 22.3. The van der Waals surface area contributed by atoms with Gasteiger partial charge >= 0.3 is 11.9 Å². The minimum Gasteiger partial charge on any atom is -0.493 e. The molecule has 4 atom stereocenters. The molecule has 0 bridgehead atoms. The van der Waals surface area contributed by atoms with Gasteiger partial charge in [-0.1, -0.05) is 146 Å². The van der Waals surface area contributed by atoms with Crippen molar-refractivity contribution in [2.75, 3.05) is 75.2 Å². The first-order chi connectivity index (χ1) is 34.8. The number of rotatable bonds is 22. The van der Waals surface area contributed by atoms with Crippen LogP contribution in [0.1, 0.15) is 34.6 Å². The third-order valence-electron chi connectivity index (χ3n) is 8.88. The van der Waals surface area contributed by atoms with Crippen molar-refractivity contribution >= 4 is 125 Å². The molecule has 2 saturated heterocycles. The quantitative estimate of drug-likeness (QED) is 0.0418. The van der Waals surface area contributed by atoms with Gasteiger partial charge in [0.2, 0.25) is 17.7 Å². The minimum absolute atomic E-state index is 0.00951.